The number of aryl methyl sites for hydroxylation is 1. The van der Waals surface area contributed by atoms with Crippen LogP contribution in [0.2, 0.25) is 0 Å². The number of nitrogens with zero attached hydrogens (tertiary/aromatic N) is 2. The number of benzene rings is 1. The average molecular weight is 437 g/mol. The number of nitrogens with one attached hydrogen (secondary N) is 2. The Labute approximate surface area is 184 Å². The molecule has 2 N–H and O–H groups in total. The van der Waals surface area contributed by atoms with Crippen molar-refractivity contribution in [3.8, 4) is 5.75 Å². The average Bonchev–Trinajstić information content (AvgIpc) is 3.26. The van der Waals surface area contributed by atoms with E-state index in [-0.39, 0.29) is 5.54 Å². The van der Waals surface area contributed by atoms with E-state index in [0.717, 1.165) is 55.9 Å². The summed E-state index contributed by atoms with van der Waals surface area (Å²) in [6.45, 7) is 8.43. The predicted molar refractivity (Wildman–Crippen MR) is 124 cm³/mol. The molecule has 0 amide bonds. The van der Waals surface area contributed by atoms with E-state index in [9.17, 15) is 0 Å². The van der Waals surface area contributed by atoms with Crippen molar-refractivity contribution >= 4 is 17.7 Å². The van der Waals surface area contributed by atoms with Gasteiger partial charge in [-0.15, -0.1) is 0 Å². The van der Waals surface area contributed by atoms with E-state index < -0.39 is 0 Å². The van der Waals surface area contributed by atoms with Crippen molar-refractivity contribution in [2.24, 2.45) is 4.99 Å². The quantitative estimate of drug-likeness (QED) is 0.348. The van der Waals surface area contributed by atoms with Crippen LogP contribution in [0.1, 0.15) is 17.5 Å². The van der Waals surface area contributed by atoms with Gasteiger partial charge in [-0.25, -0.2) is 0 Å². The van der Waals surface area contributed by atoms with Gasteiger partial charge in [0.05, 0.1) is 19.8 Å². The van der Waals surface area contributed by atoms with Gasteiger partial charge >= 0.3 is 0 Å². The molecule has 0 aliphatic carbocycles. The van der Waals surface area contributed by atoms with Gasteiger partial charge in [-0.05, 0) is 30.7 Å². The highest BCUT2D eigenvalue weighted by Crippen LogP contribution is 2.33. The molecule has 1 unspecified atom stereocenters. The van der Waals surface area contributed by atoms with Crippen LogP contribution in [0.25, 0.3) is 0 Å². The molecule has 168 valence electrons. The molecule has 1 atom stereocenters. The first kappa shape index (κ1) is 23.2. The smallest absolute Gasteiger partial charge is 0.191 e. The van der Waals surface area contributed by atoms with Crippen molar-refractivity contribution in [3.63, 3.8) is 0 Å². The molecule has 0 aromatic heterocycles. The third-order valence-corrected chi connectivity index (χ3v) is 7.02. The normalized spacial score (nSPS) is 22.8. The molecule has 2 fully saturated rings. The monoisotopic (exact) mass is 436 g/mol. The lowest BCUT2D eigenvalue weighted by molar-refractivity contribution is -0.0120. The van der Waals surface area contributed by atoms with Crippen LogP contribution in [0.3, 0.4) is 0 Å². The van der Waals surface area contributed by atoms with E-state index >= 15 is 0 Å². The Morgan fingerprint density at radius 1 is 1.27 bits per heavy atom. The van der Waals surface area contributed by atoms with Gasteiger partial charge < -0.3 is 24.8 Å². The minimum absolute atomic E-state index is 0.185. The minimum atomic E-state index is 0.185. The largest absolute Gasteiger partial charge is 0.491 e. The van der Waals surface area contributed by atoms with Gasteiger partial charge in [0.1, 0.15) is 12.4 Å². The van der Waals surface area contributed by atoms with Crippen LogP contribution < -0.4 is 15.4 Å². The molecule has 0 radical (unpaired) electrons. The van der Waals surface area contributed by atoms with E-state index in [1.165, 1.54) is 17.7 Å². The number of morpholine rings is 1. The Kier molecular flexibility index (Phi) is 9.11. The standard InChI is InChI=1S/C22H36N4O3S/c1-18-4-5-19(20(14-18)29-12-11-27-3)15-24-21(23-2)25-16-22(6-13-30-17-22)26-7-9-28-10-8-26/h4-5,14H,6-13,15-17H2,1-3H3,(H2,23,24,25). The number of thioether (sulfide) groups is 1. The van der Waals surface area contributed by atoms with Gasteiger partial charge in [0.2, 0.25) is 0 Å². The molecule has 1 aromatic rings. The topological polar surface area (TPSA) is 67.4 Å². The summed E-state index contributed by atoms with van der Waals surface area (Å²) >= 11 is 2.05. The van der Waals surface area contributed by atoms with E-state index in [2.05, 4.69) is 45.6 Å². The number of ether oxygens (including phenoxy) is 3. The molecule has 2 heterocycles. The van der Waals surface area contributed by atoms with Gasteiger partial charge in [0, 0.05) is 57.2 Å². The maximum Gasteiger partial charge on any atom is 0.191 e. The Balaban J connectivity index is 1.57. The van der Waals surface area contributed by atoms with Crippen molar-refractivity contribution in [3.05, 3.63) is 29.3 Å². The second kappa shape index (κ2) is 11.8. The maximum absolute atomic E-state index is 5.91. The number of guanidine groups is 1. The van der Waals surface area contributed by atoms with Crippen molar-refractivity contribution in [1.82, 2.24) is 15.5 Å². The lowest BCUT2D eigenvalue weighted by Gasteiger charge is -2.43. The Hall–Kier alpha value is -1.48. The summed E-state index contributed by atoms with van der Waals surface area (Å²) < 4.78 is 16.6. The highest BCUT2D eigenvalue weighted by molar-refractivity contribution is 7.99. The molecule has 2 aliphatic rings. The summed E-state index contributed by atoms with van der Waals surface area (Å²) in [6.07, 6.45) is 1.21. The highest BCUT2D eigenvalue weighted by Gasteiger charge is 2.40. The second-order valence-electron chi connectivity index (χ2n) is 7.86. The summed E-state index contributed by atoms with van der Waals surface area (Å²) in [7, 11) is 3.51. The Morgan fingerprint density at radius 3 is 2.80 bits per heavy atom. The van der Waals surface area contributed by atoms with Crippen LogP contribution in [0.5, 0.6) is 5.75 Å². The number of hydrogen-bond acceptors (Lipinski definition) is 6. The number of methoxy groups -OCH3 is 1. The molecule has 7 nitrogen and oxygen atoms in total. The summed E-state index contributed by atoms with van der Waals surface area (Å²) in [5.74, 6) is 4.10. The molecule has 2 saturated heterocycles. The molecule has 8 heteroatoms. The van der Waals surface area contributed by atoms with E-state index in [4.69, 9.17) is 14.2 Å². The van der Waals surface area contributed by atoms with Crippen molar-refractivity contribution in [1.29, 1.82) is 0 Å². The molecular weight excluding hydrogens is 400 g/mol. The summed E-state index contributed by atoms with van der Waals surface area (Å²) in [4.78, 5) is 7.06. The summed E-state index contributed by atoms with van der Waals surface area (Å²) in [5, 5.41) is 7.04. The highest BCUT2D eigenvalue weighted by atomic mass is 32.2. The van der Waals surface area contributed by atoms with Gasteiger partial charge in [-0.1, -0.05) is 12.1 Å². The van der Waals surface area contributed by atoms with Gasteiger partial charge in [-0.3, -0.25) is 9.89 Å². The second-order valence-corrected chi connectivity index (χ2v) is 8.96. The van der Waals surface area contributed by atoms with Crippen LogP contribution in [-0.4, -0.2) is 88.1 Å². The molecule has 0 spiro atoms. The van der Waals surface area contributed by atoms with E-state index in [1.54, 1.807) is 7.11 Å². The molecule has 1 aromatic carbocycles. The number of aliphatic imine (C=N–C) groups is 1. The van der Waals surface area contributed by atoms with Crippen LogP contribution >= 0.6 is 11.8 Å². The Morgan fingerprint density at radius 2 is 2.10 bits per heavy atom. The van der Waals surface area contributed by atoms with Crippen LogP contribution in [0.4, 0.5) is 0 Å². The maximum atomic E-state index is 5.91. The van der Waals surface area contributed by atoms with Crippen LogP contribution in [0.15, 0.2) is 23.2 Å². The lowest BCUT2D eigenvalue weighted by Crippen LogP contribution is -2.60. The molecule has 3 rings (SSSR count). The first-order chi connectivity index (χ1) is 14.7. The zero-order valence-electron chi connectivity index (χ0n) is 18.5. The first-order valence-corrected chi connectivity index (χ1v) is 11.9. The van der Waals surface area contributed by atoms with Crippen molar-refractivity contribution in [2.45, 2.75) is 25.4 Å². The fraction of sp³-hybridized carbons (Fsp3) is 0.682. The van der Waals surface area contributed by atoms with E-state index in [1.807, 2.05) is 18.8 Å². The van der Waals surface area contributed by atoms with Gasteiger partial charge in [-0.2, -0.15) is 11.8 Å². The van der Waals surface area contributed by atoms with Crippen LogP contribution in [0, 0.1) is 6.92 Å². The first-order valence-electron chi connectivity index (χ1n) is 10.7. The SMILES string of the molecule is CN=C(NCc1ccc(C)cc1OCCOC)NCC1(N2CCOCC2)CCSC1. The third kappa shape index (κ3) is 6.26. The third-order valence-electron chi connectivity index (χ3n) is 5.79. The van der Waals surface area contributed by atoms with Crippen molar-refractivity contribution in [2.75, 3.05) is 71.7 Å². The minimum Gasteiger partial charge on any atom is -0.491 e. The fourth-order valence-electron chi connectivity index (χ4n) is 3.96. The fourth-order valence-corrected chi connectivity index (χ4v) is 5.44. The summed E-state index contributed by atoms with van der Waals surface area (Å²) in [5.41, 5.74) is 2.48. The van der Waals surface area contributed by atoms with Crippen molar-refractivity contribution < 1.29 is 14.2 Å². The molecule has 2 aliphatic heterocycles. The van der Waals surface area contributed by atoms with Gasteiger partial charge in [0.25, 0.3) is 0 Å². The summed E-state index contributed by atoms with van der Waals surface area (Å²) in [6, 6.07) is 6.30. The lowest BCUT2D eigenvalue weighted by atomic mass is 9.95. The number of rotatable bonds is 9. The molecule has 30 heavy (non-hydrogen) atoms. The molecular formula is C22H36N4O3S. The number of hydrogen-bond donors (Lipinski definition) is 2. The van der Waals surface area contributed by atoms with Gasteiger partial charge in [0.15, 0.2) is 5.96 Å². The Bertz CT molecular complexity index is 689. The van der Waals surface area contributed by atoms with Crippen LogP contribution in [-0.2, 0) is 16.0 Å². The molecule has 0 saturated carbocycles. The van der Waals surface area contributed by atoms with E-state index in [0.29, 0.717) is 19.8 Å². The predicted octanol–water partition coefficient (Wildman–Crippen LogP) is 1.89. The molecule has 0 bridgehead atoms. The zero-order valence-corrected chi connectivity index (χ0v) is 19.4. The zero-order chi connectivity index (χ0) is 21.2.